The second-order valence-electron chi connectivity index (χ2n) is 7.08. The third-order valence-electron chi connectivity index (χ3n) is 4.90. The van der Waals surface area contributed by atoms with Crippen molar-refractivity contribution >= 4 is 17.0 Å². The Balaban J connectivity index is 1.32. The Morgan fingerprint density at radius 1 is 1.21 bits per heavy atom. The van der Waals surface area contributed by atoms with E-state index in [4.69, 9.17) is 4.98 Å². The van der Waals surface area contributed by atoms with Crippen molar-refractivity contribution in [2.24, 2.45) is 0 Å². The van der Waals surface area contributed by atoms with Crippen LogP contribution in [0.4, 0.5) is 5.69 Å². The molecule has 2 aromatic rings. The number of likely N-dealkylation sites (N-methyl/N-ethyl adjacent to an activating group) is 1. The lowest BCUT2D eigenvalue weighted by Crippen LogP contribution is -2.43. The summed E-state index contributed by atoms with van der Waals surface area (Å²) in [5.74, 6) is 0.760. The first-order valence-corrected chi connectivity index (χ1v) is 9.82. The largest absolute Gasteiger partial charge is 0.379 e. The van der Waals surface area contributed by atoms with Crippen molar-refractivity contribution in [3.63, 3.8) is 0 Å². The molecule has 1 saturated carbocycles. The van der Waals surface area contributed by atoms with E-state index >= 15 is 0 Å². The highest BCUT2D eigenvalue weighted by atomic mass is 32.1. The van der Waals surface area contributed by atoms with Crippen LogP contribution in [0.25, 0.3) is 0 Å². The average Bonchev–Trinajstić information content (AvgIpc) is 3.34. The number of rotatable bonds is 6. The van der Waals surface area contributed by atoms with Gasteiger partial charge >= 0.3 is 0 Å². The molecular formula is C19H26N4S. The van der Waals surface area contributed by atoms with Crippen LogP contribution in [-0.4, -0.2) is 48.0 Å². The van der Waals surface area contributed by atoms with E-state index in [1.807, 2.05) is 11.3 Å². The summed E-state index contributed by atoms with van der Waals surface area (Å²) in [6.07, 6.45) is 2.66. The molecule has 4 nitrogen and oxygen atoms in total. The van der Waals surface area contributed by atoms with Crippen molar-refractivity contribution in [2.45, 2.75) is 31.8 Å². The number of hydrogen-bond acceptors (Lipinski definition) is 5. The van der Waals surface area contributed by atoms with Crippen molar-refractivity contribution in [3.8, 4) is 0 Å². The molecule has 128 valence electrons. The van der Waals surface area contributed by atoms with Crippen molar-refractivity contribution in [1.29, 1.82) is 0 Å². The molecule has 1 aliphatic carbocycles. The minimum atomic E-state index is 0.760. The smallest absolute Gasteiger partial charge is 0.0960 e. The van der Waals surface area contributed by atoms with E-state index in [1.54, 1.807) is 0 Å². The number of anilines is 1. The fourth-order valence-corrected chi connectivity index (χ4v) is 4.15. The zero-order valence-electron chi connectivity index (χ0n) is 14.4. The summed E-state index contributed by atoms with van der Waals surface area (Å²) in [6, 6.07) is 8.83. The molecule has 1 aromatic carbocycles. The van der Waals surface area contributed by atoms with E-state index in [1.165, 1.54) is 47.9 Å². The number of hydrogen-bond donors (Lipinski definition) is 1. The van der Waals surface area contributed by atoms with Crippen LogP contribution in [-0.2, 0) is 13.1 Å². The molecule has 2 heterocycles. The molecule has 2 aliphatic rings. The van der Waals surface area contributed by atoms with Gasteiger partial charge in [0.05, 0.1) is 17.2 Å². The van der Waals surface area contributed by atoms with Crippen LogP contribution in [0.3, 0.4) is 0 Å². The van der Waals surface area contributed by atoms with Crippen LogP contribution in [0.15, 0.2) is 29.6 Å². The van der Waals surface area contributed by atoms with Gasteiger partial charge in [0, 0.05) is 49.7 Å². The number of piperazine rings is 1. The average molecular weight is 343 g/mol. The standard InChI is InChI=1S/C19H26N4S/c1-22-7-9-23(10-8-22)13-15-3-2-4-17(11-15)20-12-18-14-24-19(21-18)16-5-6-16/h2-4,11,14,16,20H,5-10,12-13H2,1H3. The SMILES string of the molecule is CN1CCN(Cc2cccc(NCc3csc(C4CC4)n3)c2)CC1. The second kappa shape index (κ2) is 7.21. The van der Waals surface area contributed by atoms with Gasteiger partial charge in [-0.25, -0.2) is 4.98 Å². The number of thiazole rings is 1. The number of nitrogens with zero attached hydrogens (tertiary/aromatic N) is 3. The first-order chi connectivity index (χ1) is 11.8. The van der Waals surface area contributed by atoms with E-state index < -0.39 is 0 Å². The zero-order valence-corrected chi connectivity index (χ0v) is 15.2. The molecular weight excluding hydrogens is 316 g/mol. The van der Waals surface area contributed by atoms with Gasteiger partial charge in [0.1, 0.15) is 0 Å². The third kappa shape index (κ3) is 4.15. The Hall–Kier alpha value is -1.43. The van der Waals surface area contributed by atoms with Crippen LogP contribution in [0.5, 0.6) is 0 Å². The minimum absolute atomic E-state index is 0.760. The lowest BCUT2D eigenvalue weighted by molar-refractivity contribution is 0.148. The second-order valence-corrected chi connectivity index (χ2v) is 7.97. The van der Waals surface area contributed by atoms with Crippen molar-refractivity contribution in [1.82, 2.24) is 14.8 Å². The van der Waals surface area contributed by atoms with E-state index in [2.05, 4.69) is 51.8 Å². The van der Waals surface area contributed by atoms with Crippen molar-refractivity contribution in [2.75, 3.05) is 38.5 Å². The number of aromatic nitrogens is 1. The van der Waals surface area contributed by atoms with Crippen LogP contribution in [0.2, 0.25) is 0 Å². The molecule has 1 aromatic heterocycles. The minimum Gasteiger partial charge on any atom is -0.379 e. The molecule has 4 rings (SSSR count). The Labute approximate surface area is 148 Å². The third-order valence-corrected chi connectivity index (χ3v) is 5.95. The molecule has 0 atom stereocenters. The Kier molecular flexibility index (Phi) is 4.83. The topological polar surface area (TPSA) is 31.4 Å². The van der Waals surface area contributed by atoms with Gasteiger partial charge in [-0.15, -0.1) is 11.3 Å². The Morgan fingerprint density at radius 3 is 2.83 bits per heavy atom. The molecule has 0 spiro atoms. The fourth-order valence-electron chi connectivity index (χ4n) is 3.16. The summed E-state index contributed by atoms with van der Waals surface area (Å²) < 4.78 is 0. The molecule has 0 unspecified atom stereocenters. The lowest BCUT2D eigenvalue weighted by Gasteiger charge is -2.32. The van der Waals surface area contributed by atoms with Gasteiger partial charge in [-0.05, 0) is 37.6 Å². The van der Waals surface area contributed by atoms with Crippen LogP contribution in [0, 0.1) is 0 Å². The monoisotopic (exact) mass is 342 g/mol. The quantitative estimate of drug-likeness (QED) is 0.872. The predicted molar refractivity (Wildman–Crippen MR) is 101 cm³/mol. The maximum Gasteiger partial charge on any atom is 0.0960 e. The van der Waals surface area contributed by atoms with Crippen LogP contribution < -0.4 is 5.32 Å². The van der Waals surface area contributed by atoms with E-state index in [0.717, 1.165) is 32.1 Å². The molecule has 0 amide bonds. The normalized spacial score (nSPS) is 19.5. The first kappa shape index (κ1) is 16.1. The van der Waals surface area contributed by atoms with E-state index in [0.29, 0.717) is 0 Å². The highest BCUT2D eigenvalue weighted by Gasteiger charge is 2.26. The summed E-state index contributed by atoms with van der Waals surface area (Å²) >= 11 is 1.82. The number of nitrogens with one attached hydrogen (secondary N) is 1. The van der Waals surface area contributed by atoms with E-state index in [9.17, 15) is 0 Å². The van der Waals surface area contributed by atoms with Gasteiger partial charge in [-0.2, -0.15) is 0 Å². The summed E-state index contributed by atoms with van der Waals surface area (Å²) in [7, 11) is 2.20. The molecule has 5 heteroatoms. The number of benzene rings is 1. The van der Waals surface area contributed by atoms with Crippen LogP contribution >= 0.6 is 11.3 Å². The summed E-state index contributed by atoms with van der Waals surface area (Å²) in [5.41, 5.74) is 3.76. The molecule has 1 N–H and O–H groups in total. The van der Waals surface area contributed by atoms with Gasteiger partial charge in [-0.3, -0.25) is 4.90 Å². The Bertz CT molecular complexity index is 672. The summed E-state index contributed by atoms with van der Waals surface area (Å²) in [6.45, 7) is 6.54. The molecule has 0 radical (unpaired) electrons. The predicted octanol–water partition coefficient (Wildman–Crippen LogP) is 3.38. The van der Waals surface area contributed by atoms with Crippen molar-refractivity contribution < 1.29 is 0 Å². The molecule has 2 fully saturated rings. The Morgan fingerprint density at radius 2 is 2.04 bits per heavy atom. The molecule has 24 heavy (non-hydrogen) atoms. The van der Waals surface area contributed by atoms with E-state index in [-0.39, 0.29) is 0 Å². The van der Waals surface area contributed by atoms with Gasteiger partial charge in [0.15, 0.2) is 0 Å². The van der Waals surface area contributed by atoms with Crippen molar-refractivity contribution in [3.05, 3.63) is 45.9 Å². The maximum atomic E-state index is 4.75. The molecule has 1 aliphatic heterocycles. The van der Waals surface area contributed by atoms with Gasteiger partial charge in [0.2, 0.25) is 0 Å². The maximum absolute atomic E-state index is 4.75. The highest BCUT2D eigenvalue weighted by Crippen LogP contribution is 2.41. The summed E-state index contributed by atoms with van der Waals surface area (Å²) in [5, 5.41) is 7.07. The fraction of sp³-hybridized carbons (Fsp3) is 0.526. The van der Waals surface area contributed by atoms with Gasteiger partial charge < -0.3 is 10.2 Å². The highest BCUT2D eigenvalue weighted by molar-refractivity contribution is 7.09. The zero-order chi connectivity index (χ0) is 16.4. The van der Waals surface area contributed by atoms with Gasteiger partial charge in [0.25, 0.3) is 0 Å². The summed E-state index contributed by atoms with van der Waals surface area (Å²) in [4.78, 5) is 9.70. The molecule has 0 bridgehead atoms. The van der Waals surface area contributed by atoms with Crippen LogP contribution in [0.1, 0.15) is 35.0 Å². The first-order valence-electron chi connectivity index (χ1n) is 8.94. The lowest BCUT2D eigenvalue weighted by atomic mass is 10.1. The molecule has 1 saturated heterocycles. The van der Waals surface area contributed by atoms with Gasteiger partial charge in [-0.1, -0.05) is 12.1 Å².